The van der Waals surface area contributed by atoms with E-state index in [0.29, 0.717) is 5.56 Å². The predicted molar refractivity (Wildman–Crippen MR) is 67.1 cm³/mol. The molecule has 2 rings (SSSR count). The van der Waals surface area contributed by atoms with Crippen LogP contribution in [0.4, 0.5) is 0 Å². The van der Waals surface area contributed by atoms with Crippen molar-refractivity contribution in [3.05, 3.63) is 17.0 Å². The molecule has 0 aliphatic heterocycles. The van der Waals surface area contributed by atoms with E-state index in [4.69, 9.17) is 10.7 Å². The standard InChI is InChI=1S/C10H12ClNO3S2/c1-10(3-2-4-10)12-9(13)7-5-8(16-6-7)17(11,14)15/h5-6H,2-4H2,1H3,(H,12,13). The third kappa shape index (κ3) is 2.81. The maximum atomic E-state index is 11.9. The number of hydrogen-bond acceptors (Lipinski definition) is 4. The van der Waals surface area contributed by atoms with E-state index < -0.39 is 9.05 Å². The number of nitrogens with one attached hydrogen (secondary N) is 1. The molecule has 1 aliphatic rings. The lowest BCUT2D eigenvalue weighted by Crippen LogP contribution is -2.50. The lowest BCUT2D eigenvalue weighted by molar-refractivity contribution is 0.0851. The number of hydrogen-bond donors (Lipinski definition) is 1. The molecule has 0 spiro atoms. The fraction of sp³-hybridized carbons (Fsp3) is 0.500. The van der Waals surface area contributed by atoms with Crippen molar-refractivity contribution in [1.29, 1.82) is 0 Å². The molecule has 7 heteroatoms. The van der Waals surface area contributed by atoms with Crippen molar-refractivity contribution in [2.24, 2.45) is 0 Å². The zero-order valence-corrected chi connectivity index (χ0v) is 11.6. The van der Waals surface area contributed by atoms with Gasteiger partial charge >= 0.3 is 0 Å². The molecule has 0 radical (unpaired) electrons. The number of carbonyl (C=O) groups is 1. The fourth-order valence-electron chi connectivity index (χ4n) is 1.74. The second kappa shape index (κ2) is 4.26. The Morgan fingerprint density at radius 2 is 2.18 bits per heavy atom. The van der Waals surface area contributed by atoms with Crippen LogP contribution in [0, 0.1) is 0 Å². The summed E-state index contributed by atoms with van der Waals surface area (Å²) in [6.45, 7) is 1.99. The molecular weight excluding hydrogens is 282 g/mol. The van der Waals surface area contributed by atoms with Crippen LogP contribution in [0.3, 0.4) is 0 Å². The zero-order valence-electron chi connectivity index (χ0n) is 9.20. The Bertz CT molecular complexity index is 546. The molecule has 94 valence electrons. The molecule has 0 saturated heterocycles. The highest BCUT2D eigenvalue weighted by atomic mass is 35.7. The Balaban J connectivity index is 2.12. The first-order valence-electron chi connectivity index (χ1n) is 5.16. The van der Waals surface area contributed by atoms with Crippen molar-refractivity contribution in [2.45, 2.75) is 35.9 Å². The minimum atomic E-state index is -3.74. The van der Waals surface area contributed by atoms with Crippen molar-refractivity contribution in [3.63, 3.8) is 0 Å². The number of carbonyl (C=O) groups excluding carboxylic acids is 1. The van der Waals surface area contributed by atoms with Gasteiger partial charge < -0.3 is 5.32 Å². The topological polar surface area (TPSA) is 63.2 Å². The molecule has 1 N–H and O–H groups in total. The van der Waals surface area contributed by atoms with Gasteiger partial charge in [-0.05, 0) is 32.3 Å². The van der Waals surface area contributed by atoms with Crippen molar-refractivity contribution in [2.75, 3.05) is 0 Å². The van der Waals surface area contributed by atoms with Crippen molar-refractivity contribution >= 4 is 37.0 Å². The molecule has 1 amide bonds. The Hall–Kier alpha value is -0.590. The van der Waals surface area contributed by atoms with Crippen LogP contribution in [0.25, 0.3) is 0 Å². The van der Waals surface area contributed by atoms with Gasteiger partial charge in [-0.2, -0.15) is 0 Å². The molecule has 1 aromatic rings. The van der Waals surface area contributed by atoms with E-state index in [2.05, 4.69) is 5.32 Å². The first-order chi connectivity index (χ1) is 7.80. The van der Waals surface area contributed by atoms with Crippen LogP contribution in [-0.4, -0.2) is 19.9 Å². The van der Waals surface area contributed by atoms with Crippen LogP contribution in [0.2, 0.25) is 0 Å². The first kappa shape index (κ1) is 12.9. The summed E-state index contributed by atoms with van der Waals surface area (Å²) in [6, 6.07) is 1.31. The van der Waals surface area contributed by atoms with Crippen molar-refractivity contribution in [1.82, 2.24) is 5.32 Å². The quantitative estimate of drug-likeness (QED) is 0.870. The Morgan fingerprint density at radius 3 is 2.59 bits per heavy atom. The summed E-state index contributed by atoms with van der Waals surface area (Å²) >= 11 is 0.956. The average molecular weight is 294 g/mol. The van der Waals surface area contributed by atoms with E-state index in [1.807, 2.05) is 6.92 Å². The van der Waals surface area contributed by atoms with Crippen LogP contribution in [-0.2, 0) is 9.05 Å². The van der Waals surface area contributed by atoms with E-state index in [9.17, 15) is 13.2 Å². The summed E-state index contributed by atoms with van der Waals surface area (Å²) < 4.78 is 22.1. The van der Waals surface area contributed by atoms with Gasteiger partial charge in [-0.15, -0.1) is 11.3 Å². The van der Waals surface area contributed by atoms with Gasteiger partial charge in [-0.3, -0.25) is 4.79 Å². The number of rotatable bonds is 3. The van der Waals surface area contributed by atoms with E-state index >= 15 is 0 Å². The third-order valence-corrected chi connectivity index (χ3v) is 5.99. The monoisotopic (exact) mass is 293 g/mol. The van der Waals surface area contributed by atoms with Gasteiger partial charge in [0, 0.05) is 21.6 Å². The highest BCUT2D eigenvalue weighted by Gasteiger charge is 2.33. The second-order valence-corrected chi connectivity index (χ2v) is 8.16. The lowest BCUT2D eigenvalue weighted by Gasteiger charge is -2.39. The smallest absolute Gasteiger partial charge is 0.270 e. The van der Waals surface area contributed by atoms with Gasteiger partial charge in [0.25, 0.3) is 15.0 Å². The molecule has 0 aromatic carbocycles. The van der Waals surface area contributed by atoms with Crippen LogP contribution in [0.15, 0.2) is 15.7 Å². The third-order valence-electron chi connectivity index (χ3n) is 2.95. The number of amides is 1. The van der Waals surface area contributed by atoms with Crippen LogP contribution in [0.5, 0.6) is 0 Å². The molecule has 17 heavy (non-hydrogen) atoms. The van der Waals surface area contributed by atoms with Gasteiger partial charge in [0.05, 0.1) is 5.56 Å². The van der Waals surface area contributed by atoms with Crippen molar-refractivity contribution < 1.29 is 13.2 Å². The van der Waals surface area contributed by atoms with Gasteiger partial charge in [-0.25, -0.2) is 8.42 Å². The predicted octanol–water partition coefficient (Wildman–Crippen LogP) is 2.35. The zero-order chi connectivity index (χ0) is 12.7. The molecule has 1 heterocycles. The summed E-state index contributed by atoms with van der Waals surface area (Å²) in [6.07, 6.45) is 3.04. The van der Waals surface area contributed by atoms with Gasteiger partial charge in [0.2, 0.25) is 0 Å². The van der Waals surface area contributed by atoms with E-state index in [1.54, 1.807) is 0 Å². The average Bonchev–Trinajstić information content (AvgIpc) is 2.63. The molecule has 4 nitrogen and oxygen atoms in total. The molecular formula is C10H12ClNO3S2. The lowest BCUT2D eigenvalue weighted by atomic mass is 9.78. The van der Waals surface area contributed by atoms with Crippen LogP contribution < -0.4 is 5.32 Å². The summed E-state index contributed by atoms with van der Waals surface area (Å²) in [5.41, 5.74) is 0.210. The summed E-state index contributed by atoms with van der Waals surface area (Å²) in [5.74, 6) is -0.241. The van der Waals surface area contributed by atoms with E-state index in [-0.39, 0.29) is 15.7 Å². The summed E-state index contributed by atoms with van der Waals surface area (Å²) in [4.78, 5) is 11.9. The minimum Gasteiger partial charge on any atom is -0.347 e. The first-order valence-corrected chi connectivity index (χ1v) is 8.35. The minimum absolute atomic E-state index is 0.00285. The second-order valence-electron chi connectivity index (χ2n) is 4.46. The number of halogens is 1. The van der Waals surface area contributed by atoms with Crippen molar-refractivity contribution in [3.8, 4) is 0 Å². The Labute approximate surface area is 108 Å². The molecule has 0 atom stereocenters. The Kier molecular flexibility index (Phi) is 3.22. The highest BCUT2D eigenvalue weighted by Crippen LogP contribution is 2.31. The van der Waals surface area contributed by atoms with Gasteiger partial charge in [-0.1, -0.05) is 0 Å². The van der Waals surface area contributed by atoms with Gasteiger partial charge in [0.15, 0.2) is 0 Å². The molecule has 0 unspecified atom stereocenters. The largest absolute Gasteiger partial charge is 0.347 e. The number of thiophene rings is 1. The fourth-order valence-corrected chi connectivity index (χ4v) is 3.69. The molecule has 0 bridgehead atoms. The maximum absolute atomic E-state index is 11.9. The molecule has 1 aromatic heterocycles. The summed E-state index contributed by atoms with van der Waals surface area (Å²) in [7, 11) is 1.46. The molecule has 1 saturated carbocycles. The van der Waals surface area contributed by atoms with Gasteiger partial charge in [0.1, 0.15) is 4.21 Å². The SMILES string of the molecule is CC1(NC(=O)c2csc(S(=O)(=O)Cl)c2)CCC1. The summed E-state index contributed by atoms with van der Waals surface area (Å²) in [5, 5.41) is 4.41. The van der Waals surface area contributed by atoms with E-state index in [0.717, 1.165) is 30.6 Å². The maximum Gasteiger partial charge on any atom is 0.270 e. The molecule has 1 aliphatic carbocycles. The molecule has 1 fully saturated rings. The van der Waals surface area contributed by atoms with E-state index in [1.165, 1.54) is 11.4 Å². The van der Waals surface area contributed by atoms with Crippen LogP contribution >= 0.6 is 22.0 Å². The highest BCUT2D eigenvalue weighted by molar-refractivity contribution is 8.15. The normalized spacial score (nSPS) is 18.5. The van der Waals surface area contributed by atoms with Crippen LogP contribution in [0.1, 0.15) is 36.5 Å². The Morgan fingerprint density at radius 1 is 1.53 bits per heavy atom.